The molecule has 1 amide bonds. The maximum Gasteiger partial charge on any atom is 0.251 e. The molecule has 0 radical (unpaired) electrons. The van der Waals surface area contributed by atoms with Crippen molar-refractivity contribution >= 4 is 5.91 Å². The van der Waals surface area contributed by atoms with E-state index in [0.717, 1.165) is 24.1 Å². The van der Waals surface area contributed by atoms with E-state index < -0.39 is 0 Å². The maximum absolute atomic E-state index is 12.6. The van der Waals surface area contributed by atoms with E-state index in [9.17, 15) is 4.79 Å². The molecule has 2 aromatic carbocycles. The second-order valence-electron chi connectivity index (χ2n) is 5.74. The average Bonchev–Trinajstić information content (AvgIpc) is 3.17. The van der Waals surface area contributed by atoms with E-state index >= 15 is 0 Å². The maximum atomic E-state index is 12.6. The van der Waals surface area contributed by atoms with Crippen molar-refractivity contribution in [2.45, 2.75) is 25.8 Å². The van der Waals surface area contributed by atoms with Crippen LogP contribution < -0.4 is 5.32 Å². The van der Waals surface area contributed by atoms with Crippen LogP contribution in [0, 0.1) is 0 Å². The van der Waals surface area contributed by atoms with E-state index in [4.69, 9.17) is 0 Å². The summed E-state index contributed by atoms with van der Waals surface area (Å²) in [5.41, 5.74) is 2.79. The first kappa shape index (κ1) is 16.0. The van der Waals surface area contributed by atoms with Crippen molar-refractivity contribution in [3.63, 3.8) is 0 Å². The lowest BCUT2D eigenvalue weighted by molar-refractivity contribution is 0.0934. The van der Waals surface area contributed by atoms with E-state index in [1.807, 2.05) is 53.2 Å². The fourth-order valence-electron chi connectivity index (χ4n) is 2.73. The third kappa shape index (κ3) is 3.71. The molecule has 4 nitrogen and oxygen atoms in total. The summed E-state index contributed by atoms with van der Waals surface area (Å²) in [6.45, 7) is 2.13. The quantitative estimate of drug-likeness (QED) is 0.742. The highest BCUT2D eigenvalue weighted by atomic mass is 16.1. The zero-order valence-corrected chi connectivity index (χ0v) is 13.7. The second kappa shape index (κ2) is 7.59. The van der Waals surface area contributed by atoms with E-state index in [2.05, 4.69) is 29.4 Å². The Morgan fingerprint density at radius 2 is 1.88 bits per heavy atom. The molecule has 1 aromatic heterocycles. The molecule has 0 aliphatic rings. The lowest BCUT2D eigenvalue weighted by Gasteiger charge is -2.18. The standard InChI is InChI=1S/C20H21N3O/c1-2-6-19(16-7-4-3-5-8-16)22-20(24)17-9-11-18(12-10-17)23-14-13-21-15-23/h3-5,7-15,19H,2,6H2,1H3,(H,22,24)/t19-/m1/s1. The van der Waals surface area contributed by atoms with Gasteiger partial charge in [0.05, 0.1) is 12.4 Å². The van der Waals surface area contributed by atoms with Gasteiger partial charge >= 0.3 is 0 Å². The van der Waals surface area contributed by atoms with Gasteiger partial charge in [-0.15, -0.1) is 0 Å². The van der Waals surface area contributed by atoms with Crippen LogP contribution in [0.15, 0.2) is 73.3 Å². The van der Waals surface area contributed by atoms with E-state index in [-0.39, 0.29) is 11.9 Å². The molecule has 0 bridgehead atoms. The van der Waals surface area contributed by atoms with Gasteiger partial charge in [0.2, 0.25) is 0 Å². The Balaban J connectivity index is 1.73. The number of aromatic nitrogens is 2. The molecule has 1 heterocycles. The van der Waals surface area contributed by atoms with E-state index in [0.29, 0.717) is 5.56 Å². The van der Waals surface area contributed by atoms with Crippen molar-refractivity contribution in [1.29, 1.82) is 0 Å². The van der Waals surface area contributed by atoms with Crippen LogP contribution >= 0.6 is 0 Å². The minimum Gasteiger partial charge on any atom is -0.345 e. The van der Waals surface area contributed by atoms with Gasteiger partial charge in [-0.2, -0.15) is 0 Å². The third-order valence-corrected chi connectivity index (χ3v) is 4.02. The van der Waals surface area contributed by atoms with Gasteiger partial charge in [-0.25, -0.2) is 4.98 Å². The van der Waals surface area contributed by atoms with Gasteiger partial charge in [0.1, 0.15) is 0 Å². The molecule has 0 aliphatic heterocycles. The normalized spacial score (nSPS) is 11.9. The molecule has 3 aromatic rings. The van der Waals surface area contributed by atoms with Crippen LogP contribution in [0.1, 0.15) is 41.7 Å². The van der Waals surface area contributed by atoms with Crippen LogP contribution in [0.3, 0.4) is 0 Å². The number of carbonyl (C=O) groups excluding carboxylic acids is 1. The minimum atomic E-state index is -0.0468. The smallest absolute Gasteiger partial charge is 0.251 e. The molecule has 1 N–H and O–H groups in total. The Hall–Kier alpha value is -2.88. The highest BCUT2D eigenvalue weighted by Gasteiger charge is 2.14. The first-order valence-electron chi connectivity index (χ1n) is 8.22. The first-order chi connectivity index (χ1) is 11.8. The average molecular weight is 319 g/mol. The van der Waals surface area contributed by atoms with Crippen LogP contribution in [-0.2, 0) is 0 Å². The fourth-order valence-corrected chi connectivity index (χ4v) is 2.73. The zero-order valence-electron chi connectivity index (χ0n) is 13.7. The molecule has 0 aliphatic carbocycles. The van der Waals surface area contributed by atoms with Crippen LogP contribution in [0.4, 0.5) is 0 Å². The van der Waals surface area contributed by atoms with Gasteiger partial charge in [-0.05, 0) is 36.2 Å². The highest BCUT2D eigenvalue weighted by Crippen LogP contribution is 2.19. The molecular weight excluding hydrogens is 298 g/mol. The Bertz CT molecular complexity index is 764. The molecule has 0 fully saturated rings. The Morgan fingerprint density at radius 1 is 1.12 bits per heavy atom. The van der Waals surface area contributed by atoms with Crippen molar-refractivity contribution in [3.05, 3.63) is 84.4 Å². The van der Waals surface area contributed by atoms with Crippen LogP contribution in [0.5, 0.6) is 0 Å². The molecule has 0 saturated carbocycles. The van der Waals surface area contributed by atoms with Crippen molar-refractivity contribution in [1.82, 2.24) is 14.9 Å². The summed E-state index contributed by atoms with van der Waals surface area (Å²) in [5, 5.41) is 3.15. The number of rotatable bonds is 6. The minimum absolute atomic E-state index is 0.0389. The zero-order chi connectivity index (χ0) is 16.8. The molecule has 122 valence electrons. The highest BCUT2D eigenvalue weighted by molar-refractivity contribution is 5.94. The largest absolute Gasteiger partial charge is 0.345 e. The van der Waals surface area contributed by atoms with Gasteiger partial charge in [-0.3, -0.25) is 4.79 Å². The first-order valence-corrected chi connectivity index (χ1v) is 8.22. The van der Waals surface area contributed by atoms with Crippen molar-refractivity contribution in [2.24, 2.45) is 0 Å². The summed E-state index contributed by atoms with van der Waals surface area (Å²) < 4.78 is 1.91. The van der Waals surface area contributed by atoms with Crippen molar-refractivity contribution in [2.75, 3.05) is 0 Å². The predicted molar refractivity (Wildman–Crippen MR) is 95.1 cm³/mol. The predicted octanol–water partition coefficient (Wildman–Crippen LogP) is 4.14. The topological polar surface area (TPSA) is 46.9 Å². The molecule has 0 unspecified atom stereocenters. The van der Waals surface area contributed by atoms with Gasteiger partial charge in [-0.1, -0.05) is 43.7 Å². The number of nitrogens with zero attached hydrogens (tertiary/aromatic N) is 2. The number of hydrogen-bond donors (Lipinski definition) is 1. The van der Waals surface area contributed by atoms with Gasteiger partial charge in [0, 0.05) is 23.6 Å². The fraction of sp³-hybridized carbons (Fsp3) is 0.200. The van der Waals surface area contributed by atoms with Gasteiger partial charge < -0.3 is 9.88 Å². The lowest BCUT2D eigenvalue weighted by atomic mass is 10.0. The van der Waals surface area contributed by atoms with Crippen molar-refractivity contribution in [3.8, 4) is 5.69 Å². The summed E-state index contributed by atoms with van der Waals surface area (Å²) in [7, 11) is 0. The molecule has 3 rings (SSSR count). The Kier molecular flexibility index (Phi) is 5.06. The molecule has 0 saturated heterocycles. The van der Waals surface area contributed by atoms with Gasteiger partial charge in [0.25, 0.3) is 5.91 Å². The summed E-state index contributed by atoms with van der Waals surface area (Å²) in [4.78, 5) is 16.6. The van der Waals surface area contributed by atoms with E-state index in [1.54, 1.807) is 12.5 Å². The van der Waals surface area contributed by atoms with E-state index in [1.165, 1.54) is 0 Å². The SMILES string of the molecule is CCC[C@@H](NC(=O)c1ccc(-n2ccnc2)cc1)c1ccccc1. The molecule has 0 spiro atoms. The number of benzene rings is 2. The van der Waals surface area contributed by atoms with Crippen LogP contribution in [0.25, 0.3) is 5.69 Å². The molecule has 24 heavy (non-hydrogen) atoms. The summed E-state index contributed by atoms with van der Waals surface area (Å²) in [6, 6.07) is 17.7. The lowest BCUT2D eigenvalue weighted by Crippen LogP contribution is -2.28. The summed E-state index contributed by atoms with van der Waals surface area (Å²) >= 11 is 0. The number of hydrogen-bond acceptors (Lipinski definition) is 2. The number of carbonyl (C=O) groups is 1. The number of amides is 1. The third-order valence-electron chi connectivity index (χ3n) is 4.02. The Labute approximate surface area is 142 Å². The summed E-state index contributed by atoms with van der Waals surface area (Å²) in [5.74, 6) is -0.0468. The molecule has 4 heteroatoms. The van der Waals surface area contributed by atoms with Crippen molar-refractivity contribution < 1.29 is 4.79 Å². The second-order valence-corrected chi connectivity index (χ2v) is 5.74. The van der Waals surface area contributed by atoms with Crippen LogP contribution in [0.2, 0.25) is 0 Å². The summed E-state index contributed by atoms with van der Waals surface area (Å²) in [6.07, 6.45) is 7.28. The monoisotopic (exact) mass is 319 g/mol. The van der Waals surface area contributed by atoms with Gasteiger partial charge in [0.15, 0.2) is 0 Å². The van der Waals surface area contributed by atoms with Crippen LogP contribution in [-0.4, -0.2) is 15.5 Å². The molecule has 1 atom stereocenters. The molecular formula is C20H21N3O. The Morgan fingerprint density at radius 3 is 2.50 bits per heavy atom. The number of imidazole rings is 1. The number of nitrogens with one attached hydrogen (secondary N) is 1.